The summed E-state index contributed by atoms with van der Waals surface area (Å²) in [4.78, 5) is 22.2. The minimum atomic E-state index is -3.61. The largest absolute Gasteiger partial charge is 0.481 e. The van der Waals surface area contributed by atoms with Crippen molar-refractivity contribution in [2.24, 2.45) is 0 Å². The monoisotopic (exact) mass is 328 g/mol. The minimum absolute atomic E-state index is 0.0104. The Balaban J connectivity index is 2.34. The van der Waals surface area contributed by atoms with Crippen molar-refractivity contribution < 1.29 is 23.1 Å². The second-order valence-electron chi connectivity index (χ2n) is 4.86. The standard InChI is InChI=1S/C14H20N2O5S/c1-11(7-8-14(18)19)16-13(17)9-10-15-22(20,21)12-5-3-2-4-6-12/h2-6,11,15H,7-10H2,1H3,(H,16,17)(H,18,19). The summed E-state index contributed by atoms with van der Waals surface area (Å²) in [6, 6.07) is 7.61. The molecule has 0 saturated carbocycles. The van der Waals surface area contributed by atoms with E-state index >= 15 is 0 Å². The highest BCUT2D eigenvalue weighted by molar-refractivity contribution is 7.89. The third kappa shape index (κ3) is 6.68. The van der Waals surface area contributed by atoms with Crippen LogP contribution in [-0.2, 0) is 19.6 Å². The fourth-order valence-corrected chi connectivity index (χ4v) is 2.79. The van der Waals surface area contributed by atoms with Gasteiger partial charge in [-0.1, -0.05) is 18.2 Å². The Morgan fingerprint density at radius 2 is 1.82 bits per heavy atom. The van der Waals surface area contributed by atoms with E-state index in [9.17, 15) is 18.0 Å². The molecule has 1 atom stereocenters. The summed E-state index contributed by atoms with van der Waals surface area (Å²) in [6.45, 7) is 1.68. The maximum absolute atomic E-state index is 11.9. The molecule has 0 aromatic heterocycles. The predicted octanol–water partition coefficient (Wildman–Crippen LogP) is 0.725. The topological polar surface area (TPSA) is 113 Å². The van der Waals surface area contributed by atoms with E-state index in [4.69, 9.17) is 5.11 Å². The molecule has 7 nitrogen and oxygen atoms in total. The lowest BCUT2D eigenvalue weighted by molar-refractivity contribution is -0.137. The van der Waals surface area contributed by atoms with Crippen LogP contribution in [0.1, 0.15) is 26.2 Å². The van der Waals surface area contributed by atoms with Crippen molar-refractivity contribution in [2.45, 2.75) is 37.1 Å². The molecule has 8 heteroatoms. The Kier molecular flexibility index (Phi) is 7.00. The predicted molar refractivity (Wildman–Crippen MR) is 80.7 cm³/mol. The van der Waals surface area contributed by atoms with Crippen LogP contribution >= 0.6 is 0 Å². The number of aliphatic carboxylic acids is 1. The van der Waals surface area contributed by atoms with Crippen molar-refractivity contribution in [3.63, 3.8) is 0 Å². The zero-order chi connectivity index (χ0) is 16.6. The zero-order valence-corrected chi connectivity index (χ0v) is 13.1. The van der Waals surface area contributed by atoms with Gasteiger partial charge in [0, 0.05) is 25.4 Å². The van der Waals surface area contributed by atoms with Crippen molar-refractivity contribution in [2.75, 3.05) is 6.54 Å². The molecule has 0 spiro atoms. The van der Waals surface area contributed by atoms with Crippen LogP contribution in [0.3, 0.4) is 0 Å². The number of nitrogens with one attached hydrogen (secondary N) is 2. The number of carboxylic acid groups (broad SMARTS) is 1. The second kappa shape index (κ2) is 8.50. The molecule has 0 fully saturated rings. The maximum atomic E-state index is 11.9. The van der Waals surface area contributed by atoms with Gasteiger partial charge in [-0.15, -0.1) is 0 Å². The Morgan fingerprint density at radius 3 is 2.41 bits per heavy atom. The highest BCUT2D eigenvalue weighted by Gasteiger charge is 2.14. The first-order chi connectivity index (χ1) is 10.3. The summed E-state index contributed by atoms with van der Waals surface area (Å²) in [5, 5.41) is 11.2. The molecular weight excluding hydrogens is 308 g/mol. The van der Waals surface area contributed by atoms with Crippen LogP contribution in [0, 0.1) is 0 Å². The fraction of sp³-hybridized carbons (Fsp3) is 0.429. The number of amides is 1. The number of carbonyl (C=O) groups excluding carboxylic acids is 1. The van der Waals surface area contributed by atoms with Crippen LogP contribution in [0.25, 0.3) is 0 Å². The van der Waals surface area contributed by atoms with E-state index in [0.29, 0.717) is 6.42 Å². The van der Waals surface area contributed by atoms with Crippen LogP contribution in [-0.4, -0.2) is 38.0 Å². The number of benzene rings is 1. The van der Waals surface area contributed by atoms with Gasteiger partial charge in [0.15, 0.2) is 0 Å². The van der Waals surface area contributed by atoms with Gasteiger partial charge >= 0.3 is 5.97 Å². The smallest absolute Gasteiger partial charge is 0.303 e. The highest BCUT2D eigenvalue weighted by atomic mass is 32.2. The third-order valence-corrected chi connectivity index (χ3v) is 4.37. The van der Waals surface area contributed by atoms with E-state index in [1.165, 1.54) is 12.1 Å². The van der Waals surface area contributed by atoms with Gasteiger partial charge in [0.2, 0.25) is 15.9 Å². The van der Waals surface area contributed by atoms with Gasteiger partial charge in [-0.3, -0.25) is 9.59 Å². The summed E-state index contributed by atoms with van der Waals surface area (Å²) in [7, 11) is -3.61. The van der Waals surface area contributed by atoms with E-state index < -0.39 is 16.0 Å². The lowest BCUT2D eigenvalue weighted by Gasteiger charge is -2.13. The molecule has 0 aliphatic rings. The van der Waals surface area contributed by atoms with Gasteiger partial charge in [-0.05, 0) is 25.5 Å². The average Bonchev–Trinajstić information content (AvgIpc) is 2.46. The summed E-state index contributed by atoms with van der Waals surface area (Å²) < 4.78 is 26.2. The Morgan fingerprint density at radius 1 is 1.18 bits per heavy atom. The molecule has 0 bridgehead atoms. The number of hydrogen-bond acceptors (Lipinski definition) is 4. The molecule has 1 unspecified atom stereocenters. The maximum Gasteiger partial charge on any atom is 0.303 e. The minimum Gasteiger partial charge on any atom is -0.481 e. The molecule has 0 heterocycles. The first-order valence-corrected chi connectivity index (χ1v) is 8.35. The first kappa shape index (κ1) is 18.1. The van der Waals surface area contributed by atoms with Gasteiger partial charge in [0.25, 0.3) is 0 Å². The molecule has 22 heavy (non-hydrogen) atoms. The number of rotatable bonds is 9. The normalized spacial score (nSPS) is 12.6. The lowest BCUT2D eigenvalue weighted by atomic mass is 10.2. The highest BCUT2D eigenvalue weighted by Crippen LogP contribution is 2.06. The number of hydrogen-bond donors (Lipinski definition) is 3. The van der Waals surface area contributed by atoms with E-state index in [1.54, 1.807) is 25.1 Å². The lowest BCUT2D eigenvalue weighted by Crippen LogP contribution is -2.35. The molecular formula is C14H20N2O5S. The van der Waals surface area contributed by atoms with Crippen LogP contribution in [0.4, 0.5) is 0 Å². The van der Waals surface area contributed by atoms with E-state index in [0.717, 1.165) is 0 Å². The van der Waals surface area contributed by atoms with Crippen LogP contribution in [0.15, 0.2) is 35.2 Å². The van der Waals surface area contributed by atoms with Crippen LogP contribution in [0.2, 0.25) is 0 Å². The second-order valence-corrected chi connectivity index (χ2v) is 6.63. The summed E-state index contributed by atoms with van der Waals surface area (Å²) in [6.07, 6.45) is 0.294. The van der Waals surface area contributed by atoms with Gasteiger partial charge in [-0.25, -0.2) is 13.1 Å². The average molecular weight is 328 g/mol. The van der Waals surface area contributed by atoms with Gasteiger partial charge in [0.05, 0.1) is 4.90 Å². The summed E-state index contributed by atoms with van der Waals surface area (Å²) >= 11 is 0. The van der Waals surface area contributed by atoms with Gasteiger partial charge in [-0.2, -0.15) is 0 Å². The van der Waals surface area contributed by atoms with E-state index in [1.807, 2.05) is 0 Å². The van der Waals surface area contributed by atoms with Crippen molar-refractivity contribution in [1.29, 1.82) is 0 Å². The fourth-order valence-electron chi connectivity index (χ4n) is 1.74. The Labute approximate surface area is 129 Å². The third-order valence-electron chi connectivity index (χ3n) is 2.90. The number of carbonyl (C=O) groups is 2. The number of carboxylic acids is 1. The molecule has 1 rings (SSSR count). The zero-order valence-electron chi connectivity index (χ0n) is 12.3. The van der Waals surface area contributed by atoms with Crippen molar-refractivity contribution in [3.05, 3.63) is 30.3 Å². The van der Waals surface area contributed by atoms with Crippen molar-refractivity contribution in [1.82, 2.24) is 10.0 Å². The molecule has 3 N–H and O–H groups in total. The van der Waals surface area contributed by atoms with Gasteiger partial charge in [0.1, 0.15) is 0 Å². The van der Waals surface area contributed by atoms with Crippen LogP contribution in [0.5, 0.6) is 0 Å². The van der Waals surface area contributed by atoms with Gasteiger partial charge < -0.3 is 10.4 Å². The van der Waals surface area contributed by atoms with Crippen LogP contribution < -0.4 is 10.0 Å². The van der Waals surface area contributed by atoms with E-state index in [-0.39, 0.29) is 36.2 Å². The number of sulfonamides is 1. The molecule has 0 aliphatic heterocycles. The molecule has 0 saturated heterocycles. The Hall–Kier alpha value is -1.93. The molecule has 0 aliphatic carbocycles. The molecule has 1 aromatic rings. The summed E-state index contributed by atoms with van der Waals surface area (Å²) in [5.41, 5.74) is 0. The Bertz CT molecular complexity index is 601. The SMILES string of the molecule is CC(CCC(=O)O)NC(=O)CCNS(=O)(=O)c1ccccc1. The molecule has 1 aromatic carbocycles. The quantitative estimate of drug-likeness (QED) is 0.618. The molecule has 122 valence electrons. The first-order valence-electron chi connectivity index (χ1n) is 6.87. The van der Waals surface area contributed by atoms with E-state index in [2.05, 4.69) is 10.0 Å². The molecule has 0 radical (unpaired) electrons. The molecule has 1 amide bonds. The summed E-state index contributed by atoms with van der Waals surface area (Å²) in [5.74, 6) is -1.25. The van der Waals surface area contributed by atoms with Crippen molar-refractivity contribution >= 4 is 21.9 Å². The van der Waals surface area contributed by atoms with Crippen molar-refractivity contribution in [3.8, 4) is 0 Å².